The van der Waals surface area contributed by atoms with Crippen LogP contribution in [0.3, 0.4) is 0 Å². The lowest BCUT2D eigenvalue weighted by Gasteiger charge is -2.04. The highest BCUT2D eigenvalue weighted by Gasteiger charge is 2.08. The predicted octanol–water partition coefficient (Wildman–Crippen LogP) is 1.45. The second-order valence-corrected chi connectivity index (χ2v) is 3.11. The molecule has 0 bridgehead atoms. The number of nitrogens with one attached hydrogen (secondary N) is 1. The van der Waals surface area contributed by atoms with Crippen molar-refractivity contribution in [2.75, 3.05) is 7.05 Å². The van der Waals surface area contributed by atoms with E-state index in [9.17, 15) is 0 Å². The van der Waals surface area contributed by atoms with Crippen molar-refractivity contribution in [3.05, 3.63) is 60.2 Å². The minimum atomic E-state index is 0.740. The molecule has 0 atom stereocenters. The van der Waals surface area contributed by atoms with Crippen molar-refractivity contribution < 1.29 is 0 Å². The Morgan fingerprint density at radius 2 is 1.56 bits per heavy atom. The summed E-state index contributed by atoms with van der Waals surface area (Å²) in [5.74, 6) is 0. The van der Waals surface area contributed by atoms with Gasteiger partial charge in [0.2, 0.25) is 0 Å². The Labute approximate surface area is 94.1 Å². The molecule has 80 valence electrons. The van der Waals surface area contributed by atoms with Gasteiger partial charge in [-0.2, -0.15) is 5.10 Å². The third kappa shape index (κ3) is 2.23. The largest absolute Gasteiger partial charge is 0.312 e. The number of hydrogen-bond donors (Lipinski definition) is 1. The molecule has 0 aromatic carbocycles. The first-order valence-electron chi connectivity index (χ1n) is 4.99. The standard InChI is InChI=1S/C12H12N4/c1-13-16-12(10-6-2-4-8-14-10)11-7-3-5-9-15-11/h2-9,13H,1H3. The smallest absolute Gasteiger partial charge is 0.134 e. The number of hydrogen-bond acceptors (Lipinski definition) is 4. The summed E-state index contributed by atoms with van der Waals surface area (Å²) in [6, 6.07) is 11.4. The van der Waals surface area contributed by atoms with Crippen LogP contribution in [-0.2, 0) is 0 Å². The van der Waals surface area contributed by atoms with Crippen LogP contribution in [0, 0.1) is 0 Å². The lowest BCUT2D eigenvalue weighted by Crippen LogP contribution is -2.11. The first kappa shape index (κ1) is 10.3. The molecule has 2 heterocycles. The molecule has 2 rings (SSSR count). The highest BCUT2D eigenvalue weighted by molar-refractivity contribution is 6.10. The van der Waals surface area contributed by atoms with E-state index in [1.54, 1.807) is 19.4 Å². The minimum Gasteiger partial charge on any atom is -0.312 e. The van der Waals surface area contributed by atoms with Crippen molar-refractivity contribution in [1.29, 1.82) is 0 Å². The van der Waals surface area contributed by atoms with Crippen LogP contribution in [0.25, 0.3) is 0 Å². The highest BCUT2D eigenvalue weighted by atomic mass is 15.3. The van der Waals surface area contributed by atoms with Gasteiger partial charge in [0.1, 0.15) is 5.71 Å². The Morgan fingerprint density at radius 3 is 1.94 bits per heavy atom. The van der Waals surface area contributed by atoms with E-state index in [0.29, 0.717) is 0 Å². The summed E-state index contributed by atoms with van der Waals surface area (Å²) < 4.78 is 0. The van der Waals surface area contributed by atoms with Crippen LogP contribution in [0.4, 0.5) is 0 Å². The van der Waals surface area contributed by atoms with E-state index < -0.39 is 0 Å². The maximum absolute atomic E-state index is 4.26. The van der Waals surface area contributed by atoms with Gasteiger partial charge in [0, 0.05) is 19.4 Å². The number of aromatic nitrogens is 2. The molecule has 0 radical (unpaired) electrons. The van der Waals surface area contributed by atoms with Gasteiger partial charge in [0.15, 0.2) is 0 Å². The zero-order valence-corrected chi connectivity index (χ0v) is 8.96. The molecule has 0 aliphatic heterocycles. The average molecular weight is 212 g/mol. The molecule has 16 heavy (non-hydrogen) atoms. The molecule has 2 aromatic heterocycles. The molecule has 1 N–H and O–H groups in total. The molecular formula is C12H12N4. The minimum absolute atomic E-state index is 0.740. The van der Waals surface area contributed by atoms with Gasteiger partial charge in [-0.15, -0.1) is 0 Å². The van der Waals surface area contributed by atoms with Crippen LogP contribution in [0.5, 0.6) is 0 Å². The lowest BCUT2D eigenvalue weighted by atomic mass is 10.1. The first-order valence-corrected chi connectivity index (χ1v) is 4.99. The molecule has 0 aliphatic carbocycles. The van der Waals surface area contributed by atoms with Gasteiger partial charge in [-0.3, -0.25) is 9.97 Å². The van der Waals surface area contributed by atoms with Gasteiger partial charge in [-0.25, -0.2) is 0 Å². The second kappa shape index (κ2) is 5.02. The Kier molecular flexibility index (Phi) is 3.23. The van der Waals surface area contributed by atoms with Crippen LogP contribution >= 0.6 is 0 Å². The monoisotopic (exact) mass is 212 g/mol. The normalized spacial score (nSPS) is 9.56. The highest BCUT2D eigenvalue weighted by Crippen LogP contribution is 2.05. The molecule has 0 unspecified atom stereocenters. The SMILES string of the molecule is CNN=C(c1ccccn1)c1ccccn1. The molecule has 2 aromatic rings. The quantitative estimate of drug-likeness (QED) is 0.618. The molecule has 4 heteroatoms. The maximum atomic E-state index is 4.26. The molecule has 0 saturated heterocycles. The van der Waals surface area contributed by atoms with Gasteiger partial charge >= 0.3 is 0 Å². The third-order valence-corrected chi connectivity index (χ3v) is 2.04. The van der Waals surface area contributed by atoms with Crippen LogP contribution in [-0.4, -0.2) is 22.7 Å². The molecule has 0 spiro atoms. The zero-order valence-electron chi connectivity index (χ0n) is 8.96. The van der Waals surface area contributed by atoms with Crippen LogP contribution in [0.15, 0.2) is 53.9 Å². The van der Waals surface area contributed by atoms with Crippen molar-refractivity contribution in [2.24, 2.45) is 5.10 Å². The van der Waals surface area contributed by atoms with Gasteiger partial charge in [-0.05, 0) is 24.3 Å². The summed E-state index contributed by atoms with van der Waals surface area (Å²) in [6.45, 7) is 0. The van der Waals surface area contributed by atoms with Crippen LogP contribution in [0.1, 0.15) is 11.4 Å². The fourth-order valence-corrected chi connectivity index (χ4v) is 1.36. The summed E-state index contributed by atoms with van der Waals surface area (Å²) in [4.78, 5) is 8.53. The topological polar surface area (TPSA) is 50.2 Å². The Bertz CT molecular complexity index is 423. The van der Waals surface area contributed by atoms with Crippen LogP contribution < -0.4 is 5.43 Å². The third-order valence-electron chi connectivity index (χ3n) is 2.04. The zero-order chi connectivity index (χ0) is 11.2. The van der Waals surface area contributed by atoms with Gasteiger partial charge in [0.05, 0.1) is 11.4 Å². The van der Waals surface area contributed by atoms with Crippen LogP contribution in [0.2, 0.25) is 0 Å². The Morgan fingerprint density at radius 1 is 1.00 bits per heavy atom. The van der Waals surface area contributed by atoms with E-state index in [2.05, 4.69) is 20.5 Å². The summed E-state index contributed by atoms with van der Waals surface area (Å²) in [6.07, 6.45) is 3.48. The van der Waals surface area contributed by atoms with Crippen molar-refractivity contribution in [3.63, 3.8) is 0 Å². The van der Waals surface area contributed by atoms with Crippen molar-refractivity contribution >= 4 is 5.71 Å². The molecule has 0 aliphatic rings. The molecule has 0 amide bonds. The van der Waals surface area contributed by atoms with Gasteiger partial charge in [-0.1, -0.05) is 12.1 Å². The van der Waals surface area contributed by atoms with Gasteiger partial charge < -0.3 is 5.43 Å². The van der Waals surface area contributed by atoms with Crippen molar-refractivity contribution in [1.82, 2.24) is 15.4 Å². The molecule has 0 fully saturated rings. The number of pyridine rings is 2. The summed E-state index contributed by atoms with van der Waals surface area (Å²) in [5, 5.41) is 4.21. The van der Waals surface area contributed by atoms with E-state index >= 15 is 0 Å². The fraction of sp³-hybridized carbons (Fsp3) is 0.0833. The van der Waals surface area contributed by atoms with E-state index in [1.165, 1.54) is 0 Å². The molecule has 0 saturated carbocycles. The van der Waals surface area contributed by atoms with Gasteiger partial charge in [0.25, 0.3) is 0 Å². The summed E-state index contributed by atoms with van der Waals surface area (Å²) >= 11 is 0. The number of hydrazone groups is 1. The predicted molar refractivity (Wildman–Crippen MR) is 63.2 cm³/mol. The van der Waals surface area contributed by atoms with E-state index in [0.717, 1.165) is 17.1 Å². The van der Waals surface area contributed by atoms with E-state index in [4.69, 9.17) is 0 Å². The Balaban J connectivity index is 2.44. The summed E-state index contributed by atoms with van der Waals surface area (Å²) in [5.41, 5.74) is 5.12. The van der Waals surface area contributed by atoms with Crippen molar-refractivity contribution in [3.8, 4) is 0 Å². The lowest BCUT2D eigenvalue weighted by molar-refractivity contribution is 0.898. The van der Waals surface area contributed by atoms with E-state index in [-0.39, 0.29) is 0 Å². The average Bonchev–Trinajstić information content (AvgIpc) is 2.38. The second-order valence-electron chi connectivity index (χ2n) is 3.11. The molecule has 4 nitrogen and oxygen atoms in total. The van der Waals surface area contributed by atoms with E-state index in [1.807, 2.05) is 36.4 Å². The fourth-order valence-electron chi connectivity index (χ4n) is 1.36. The van der Waals surface area contributed by atoms with Crippen molar-refractivity contribution in [2.45, 2.75) is 0 Å². The first-order chi connectivity index (χ1) is 7.92. The molecular weight excluding hydrogens is 200 g/mol. The number of rotatable bonds is 3. The maximum Gasteiger partial charge on any atom is 0.134 e. The summed E-state index contributed by atoms with van der Waals surface area (Å²) in [7, 11) is 1.76. The Hall–Kier alpha value is -2.23. The number of nitrogens with zero attached hydrogens (tertiary/aromatic N) is 3.